The van der Waals surface area contributed by atoms with Crippen LogP contribution in [0.15, 0.2) is 24.3 Å². The zero-order valence-corrected chi connectivity index (χ0v) is 12.1. The van der Waals surface area contributed by atoms with Crippen LogP contribution in [-0.4, -0.2) is 24.0 Å². The first-order valence-electron chi connectivity index (χ1n) is 6.25. The molecule has 19 heavy (non-hydrogen) atoms. The van der Waals surface area contributed by atoms with Crippen molar-refractivity contribution in [3.63, 3.8) is 0 Å². The normalized spacial score (nSPS) is 11.7. The Morgan fingerprint density at radius 3 is 2.84 bits per heavy atom. The van der Waals surface area contributed by atoms with Gasteiger partial charge in [0.1, 0.15) is 5.75 Å². The Morgan fingerprint density at radius 1 is 1.53 bits per heavy atom. The van der Waals surface area contributed by atoms with Crippen molar-refractivity contribution >= 4 is 23.1 Å². The minimum atomic E-state index is -0.0312. The minimum Gasteiger partial charge on any atom is -0.497 e. The summed E-state index contributed by atoms with van der Waals surface area (Å²) in [6.45, 7) is 1.99. The van der Waals surface area contributed by atoms with Crippen molar-refractivity contribution in [3.8, 4) is 5.75 Å². The number of hydrogen-bond donors (Lipinski definition) is 2. The first kappa shape index (κ1) is 15.4. The van der Waals surface area contributed by atoms with Crippen LogP contribution in [-0.2, 0) is 11.2 Å². The quantitative estimate of drug-likeness (QED) is 0.748. The van der Waals surface area contributed by atoms with Gasteiger partial charge in [0.05, 0.1) is 18.5 Å². The van der Waals surface area contributed by atoms with Crippen LogP contribution in [0.3, 0.4) is 0 Å². The maximum Gasteiger partial charge on any atom is 0.224 e. The van der Waals surface area contributed by atoms with Gasteiger partial charge in [0.2, 0.25) is 5.91 Å². The van der Waals surface area contributed by atoms with Crippen LogP contribution in [0.1, 0.15) is 25.3 Å². The number of amides is 1. The van der Waals surface area contributed by atoms with Gasteiger partial charge in [-0.1, -0.05) is 31.3 Å². The summed E-state index contributed by atoms with van der Waals surface area (Å²) in [5.74, 6) is 0.719. The molecule has 4 nitrogen and oxygen atoms in total. The van der Waals surface area contributed by atoms with Crippen molar-refractivity contribution < 1.29 is 9.53 Å². The fraction of sp³-hybridized carbons (Fsp3) is 0.429. The molecule has 1 unspecified atom stereocenters. The number of thiocarbonyl (C=S) groups is 1. The van der Waals surface area contributed by atoms with Crippen molar-refractivity contribution in [3.05, 3.63) is 29.8 Å². The maximum absolute atomic E-state index is 11.9. The zero-order valence-electron chi connectivity index (χ0n) is 11.3. The summed E-state index contributed by atoms with van der Waals surface area (Å²) in [7, 11) is 1.61. The highest BCUT2D eigenvalue weighted by Gasteiger charge is 2.12. The number of methoxy groups -OCH3 is 1. The van der Waals surface area contributed by atoms with Gasteiger partial charge in [-0.05, 0) is 24.1 Å². The Morgan fingerprint density at radius 2 is 2.26 bits per heavy atom. The fourth-order valence-corrected chi connectivity index (χ4v) is 1.99. The molecule has 3 N–H and O–H groups in total. The molecule has 0 bridgehead atoms. The molecule has 1 amide bonds. The molecule has 104 valence electrons. The van der Waals surface area contributed by atoms with Crippen LogP contribution in [0.5, 0.6) is 5.75 Å². The first-order chi connectivity index (χ1) is 9.05. The summed E-state index contributed by atoms with van der Waals surface area (Å²) in [6, 6.07) is 7.48. The first-order valence-corrected chi connectivity index (χ1v) is 6.66. The second kappa shape index (κ2) is 7.74. The fourth-order valence-electron chi connectivity index (χ4n) is 1.79. The van der Waals surface area contributed by atoms with E-state index in [0.717, 1.165) is 17.7 Å². The number of ether oxygens (including phenoxy) is 1. The van der Waals surface area contributed by atoms with Gasteiger partial charge in [-0.15, -0.1) is 0 Å². The van der Waals surface area contributed by atoms with Gasteiger partial charge in [-0.25, -0.2) is 0 Å². The predicted octanol–water partition coefficient (Wildman–Crippen LogP) is 1.81. The predicted molar refractivity (Wildman–Crippen MR) is 80.3 cm³/mol. The summed E-state index contributed by atoms with van der Waals surface area (Å²) in [6.07, 6.45) is 1.67. The smallest absolute Gasteiger partial charge is 0.224 e. The van der Waals surface area contributed by atoms with Gasteiger partial charge in [-0.3, -0.25) is 4.79 Å². The molecule has 0 aliphatic carbocycles. The lowest BCUT2D eigenvalue weighted by Gasteiger charge is -2.16. The largest absolute Gasteiger partial charge is 0.497 e. The van der Waals surface area contributed by atoms with E-state index in [1.165, 1.54) is 0 Å². The van der Waals surface area contributed by atoms with Crippen molar-refractivity contribution in [1.29, 1.82) is 0 Å². The number of nitrogens with two attached hydrogens (primary N) is 1. The summed E-state index contributed by atoms with van der Waals surface area (Å²) in [4.78, 5) is 12.4. The average molecular weight is 280 g/mol. The number of carbonyl (C=O) groups is 1. The van der Waals surface area contributed by atoms with Crippen molar-refractivity contribution in [2.24, 2.45) is 5.73 Å². The molecule has 1 atom stereocenters. The van der Waals surface area contributed by atoms with Crippen molar-refractivity contribution in [2.45, 2.75) is 32.2 Å². The molecule has 0 radical (unpaired) electrons. The van der Waals surface area contributed by atoms with Crippen LogP contribution in [0.2, 0.25) is 0 Å². The summed E-state index contributed by atoms with van der Waals surface area (Å²) in [5.41, 5.74) is 6.42. The van der Waals surface area contributed by atoms with E-state index in [2.05, 4.69) is 5.32 Å². The van der Waals surface area contributed by atoms with E-state index in [1.54, 1.807) is 7.11 Å². The zero-order chi connectivity index (χ0) is 14.3. The standard InChI is InChI=1S/C14H20N2O2S/c1-3-11(9-13(15)19)16-14(17)8-10-5-4-6-12(7-10)18-2/h4-7,11H,3,8-9H2,1-2H3,(H2,15,19)(H,16,17). The number of rotatable bonds is 7. The lowest BCUT2D eigenvalue weighted by molar-refractivity contribution is -0.121. The summed E-state index contributed by atoms with van der Waals surface area (Å²) in [5, 5.41) is 2.94. The number of nitrogens with one attached hydrogen (secondary N) is 1. The van der Waals surface area contributed by atoms with Crippen LogP contribution < -0.4 is 15.8 Å². The van der Waals surface area contributed by atoms with Gasteiger partial charge >= 0.3 is 0 Å². The number of carbonyl (C=O) groups excluding carboxylic acids is 1. The highest BCUT2D eigenvalue weighted by atomic mass is 32.1. The second-order valence-electron chi connectivity index (χ2n) is 4.37. The Balaban J connectivity index is 2.56. The molecule has 0 spiro atoms. The highest BCUT2D eigenvalue weighted by molar-refractivity contribution is 7.80. The lowest BCUT2D eigenvalue weighted by atomic mass is 10.1. The Bertz CT molecular complexity index is 449. The van der Waals surface area contributed by atoms with Gasteiger partial charge in [-0.2, -0.15) is 0 Å². The van der Waals surface area contributed by atoms with E-state index in [-0.39, 0.29) is 11.9 Å². The molecular formula is C14H20N2O2S. The lowest BCUT2D eigenvalue weighted by Crippen LogP contribution is -2.37. The van der Waals surface area contributed by atoms with Crippen LogP contribution in [0.25, 0.3) is 0 Å². The molecule has 0 heterocycles. The topological polar surface area (TPSA) is 64.3 Å². The third-order valence-corrected chi connectivity index (χ3v) is 2.97. The van der Waals surface area contributed by atoms with Crippen LogP contribution >= 0.6 is 12.2 Å². The summed E-state index contributed by atoms with van der Waals surface area (Å²) < 4.78 is 5.13. The van der Waals surface area contributed by atoms with Crippen molar-refractivity contribution in [2.75, 3.05) is 7.11 Å². The maximum atomic E-state index is 11.9. The Labute approximate surface area is 119 Å². The Kier molecular flexibility index (Phi) is 6.29. The Hall–Kier alpha value is -1.62. The van der Waals surface area contributed by atoms with E-state index >= 15 is 0 Å². The SMILES string of the molecule is CCC(CC(N)=S)NC(=O)Cc1cccc(OC)c1. The summed E-state index contributed by atoms with van der Waals surface area (Å²) >= 11 is 4.86. The molecular weight excluding hydrogens is 260 g/mol. The number of hydrogen-bond acceptors (Lipinski definition) is 3. The van der Waals surface area contributed by atoms with Crippen LogP contribution in [0.4, 0.5) is 0 Å². The molecule has 0 aliphatic heterocycles. The highest BCUT2D eigenvalue weighted by Crippen LogP contribution is 2.13. The van der Waals surface area contributed by atoms with Gasteiger partial charge in [0, 0.05) is 12.5 Å². The molecule has 0 aliphatic rings. The van der Waals surface area contributed by atoms with E-state index < -0.39 is 0 Å². The second-order valence-corrected chi connectivity index (χ2v) is 4.90. The molecule has 1 rings (SSSR count). The average Bonchev–Trinajstić information content (AvgIpc) is 2.37. The molecule has 0 saturated heterocycles. The van der Waals surface area contributed by atoms with E-state index in [4.69, 9.17) is 22.7 Å². The van der Waals surface area contributed by atoms with Gasteiger partial charge in [0.15, 0.2) is 0 Å². The molecule has 0 aromatic heterocycles. The molecule has 1 aromatic rings. The van der Waals surface area contributed by atoms with E-state index in [0.29, 0.717) is 17.8 Å². The van der Waals surface area contributed by atoms with Gasteiger partial charge in [0.25, 0.3) is 0 Å². The minimum absolute atomic E-state index is 0.00982. The van der Waals surface area contributed by atoms with Crippen molar-refractivity contribution in [1.82, 2.24) is 5.32 Å². The number of benzene rings is 1. The molecule has 0 saturated carbocycles. The monoisotopic (exact) mass is 280 g/mol. The third kappa shape index (κ3) is 5.70. The molecule has 5 heteroatoms. The van der Waals surface area contributed by atoms with Crippen LogP contribution in [0, 0.1) is 0 Å². The molecule has 1 aromatic carbocycles. The third-order valence-electron chi connectivity index (χ3n) is 2.80. The van der Waals surface area contributed by atoms with Gasteiger partial charge < -0.3 is 15.8 Å². The van der Waals surface area contributed by atoms with E-state index in [1.807, 2.05) is 31.2 Å². The molecule has 0 fully saturated rings. The van der Waals surface area contributed by atoms with E-state index in [9.17, 15) is 4.79 Å².